The first-order chi connectivity index (χ1) is 6.25. The van der Waals surface area contributed by atoms with Crippen molar-refractivity contribution in [3.8, 4) is 0 Å². The fourth-order valence-electron chi connectivity index (χ4n) is 1.59. The fourth-order valence-corrected chi connectivity index (χ4v) is 1.79. The van der Waals surface area contributed by atoms with E-state index in [0.717, 1.165) is 17.0 Å². The van der Waals surface area contributed by atoms with Crippen LogP contribution in [0.4, 0.5) is 0 Å². The van der Waals surface area contributed by atoms with Crippen molar-refractivity contribution in [2.75, 3.05) is 6.61 Å². The Labute approximate surface area is 82.6 Å². The van der Waals surface area contributed by atoms with Crippen LogP contribution in [0.15, 0.2) is 24.3 Å². The highest BCUT2D eigenvalue weighted by molar-refractivity contribution is 6.30. The van der Waals surface area contributed by atoms with Gasteiger partial charge in [0.1, 0.15) is 0 Å². The summed E-state index contributed by atoms with van der Waals surface area (Å²) in [7, 11) is 0. The number of hydrogen-bond acceptors (Lipinski definition) is 2. The molecule has 2 atom stereocenters. The van der Waals surface area contributed by atoms with Gasteiger partial charge in [-0.3, -0.25) is 0 Å². The van der Waals surface area contributed by atoms with Crippen molar-refractivity contribution in [3.05, 3.63) is 34.9 Å². The predicted octanol–water partition coefficient (Wildman–Crippen LogP) is 2.13. The van der Waals surface area contributed by atoms with Gasteiger partial charge in [-0.15, -0.1) is 0 Å². The van der Waals surface area contributed by atoms with E-state index >= 15 is 0 Å². The molecule has 0 amide bonds. The minimum absolute atomic E-state index is 0.133. The van der Waals surface area contributed by atoms with Crippen LogP contribution in [0.3, 0.4) is 0 Å². The molecule has 2 unspecified atom stereocenters. The molecule has 1 aliphatic rings. The summed E-state index contributed by atoms with van der Waals surface area (Å²) in [6, 6.07) is 7.92. The van der Waals surface area contributed by atoms with E-state index in [1.54, 1.807) is 0 Å². The predicted molar refractivity (Wildman–Crippen MR) is 52.7 cm³/mol. The molecule has 0 bridgehead atoms. The lowest BCUT2D eigenvalue weighted by Crippen LogP contribution is -2.18. The minimum Gasteiger partial charge on any atom is -0.372 e. The summed E-state index contributed by atoms with van der Waals surface area (Å²) < 4.78 is 5.52. The molecule has 0 spiro atoms. The Hall–Kier alpha value is -0.570. The van der Waals surface area contributed by atoms with E-state index < -0.39 is 0 Å². The lowest BCUT2D eigenvalue weighted by molar-refractivity contribution is 0.110. The van der Waals surface area contributed by atoms with Gasteiger partial charge in [0.2, 0.25) is 0 Å². The normalized spacial score (nSPS) is 27.8. The van der Waals surface area contributed by atoms with Gasteiger partial charge in [0.25, 0.3) is 0 Å². The summed E-state index contributed by atoms with van der Waals surface area (Å²) in [6.07, 6.45) is 1.02. The SMILES string of the molecule is NC1COC(c2cccc(Cl)c2)C1. The first-order valence-electron chi connectivity index (χ1n) is 4.38. The second-order valence-corrected chi connectivity index (χ2v) is 3.81. The van der Waals surface area contributed by atoms with Crippen molar-refractivity contribution in [1.82, 2.24) is 0 Å². The van der Waals surface area contributed by atoms with Crippen LogP contribution in [0.25, 0.3) is 0 Å². The molecule has 0 saturated carbocycles. The van der Waals surface area contributed by atoms with Crippen LogP contribution in [0.5, 0.6) is 0 Å². The zero-order chi connectivity index (χ0) is 9.26. The van der Waals surface area contributed by atoms with Gasteiger partial charge in [0.15, 0.2) is 0 Å². The molecule has 1 fully saturated rings. The van der Waals surface area contributed by atoms with E-state index in [-0.39, 0.29) is 12.1 Å². The summed E-state index contributed by atoms with van der Waals surface area (Å²) >= 11 is 5.87. The molecule has 0 aliphatic carbocycles. The standard InChI is InChI=1S/C10H12ClNO/c11-8-3-1-2-7(4-8)10-5-9(12)6-13-10/h1-4,9-10H,5-6,12H2. The van der Waals surface area contributed by atoms with Crippen molar-refractivity contribution in [1.29, 1.82) is 0 Å². The summed E-state index contributed by atoms with van der Waals surface area (Å²) in [6.45, 7) is 0.650. The van der Waals surface area contributed by atoms with Gasteiger partial charge < -0.3 is 10.5 Å². The lowest BCUT2D eigenvalue weighted by atomic mass is 10.1. The number of halogens is 1. The Morgan fingerprint density at radius 2 is 2.31 bits per heavy atom. The summed E-state index contributed by atoms with van der Waals surface area (Å²) in [5.41, 5.74) is 6.87. The zero-order valence-corrected chi connectivity index (χ0v) is 8.00. The van der Waals surface area contributed by atoms with Crippen LogP contribution < -0.4 is 5.73 Å². The lowest BCUT2D eigenvalue weighted by Gasteiger charge is -2.09. The van der Waals surface area contributed by atoms with Crippen molar-refractivity contribution >= 4 is 11.6 Å². The molecular formula is C10H12ClNO. The first-order valence-corrected chi connectivity index (χ1v) is 4.76. The van der Waals surface area contributed by atoms with Gasteiger partial charge in [-0.25, -0.2) is 0 Å². The largest absolute Gasteiger partial charge is 0.372 e. The molecule has 1 saturated heterocycles. The number of hydrogen-bond donors (Lipinski definition) is 1. The maximum absolute atomic E-state index is 5.87. The quantitative estimate of drug-likeness (QED) is 0.749. The molecule has 1 aliphatic heterocycles. The monoisotopic (exact) mass is 197 g/mol. The van der Waals surface area contributed by atoms with Crippen LogP contribution in [-0.2, 0) is 4.74 Å². The van der Waals surface area contributed by atoms with Gasteiger partial charge in [-0.1, -0.05) is 23.7 Å². The second kappa shape index (κ2) is 3.66. The molecule has 1 heterocycles. The van der Waals surface area contributed by atoms with E-state index in [1.807, 2.05) is 24.3 Å². The van der Waals surface area contributed by atoms with E-state index in [2.05, 4.69) is 0 Å². The average Bonchev–Trinajstić information content (AvgIpc) is 2.52. The Morgan fingerprint density at radius 1 is 1.46 bits per heavy atom. The summed E-state index contributed by atoms with van der Waals surface area (Å²) in [5.74, 6) is 0. The summed E-state index contributed by atoms with van der Waals surface area (Å²) in [5, 5.41) is 0.751. The van der Waals surface area contributed by atoms with E-state index in [0.29, 0.717) is 6.61 Å². The Morgan fingerprint density at radius 3 is 2.92 bits per heavy atom. The van der Waals surface area contributed by atoms with E-state index in [9.17, 15) is 0 Å². The molecule has 1 aromatic rings. The zero-order valence-electron chi connectivity index (χ0n) is 7.24. The van der Waals surface area contributed by atoms with Gasteiger partial charge in [-0.05, 0) is 24.1 Å². The van der Waals surface area contributed by atoms with Crippen molar-refractivity contribution in [2.24, 2.45) is 5.73 Å². The van der Waals surface area contributed by atoms with Crippen molar-refractivity contribution < 1.29 is 4.74 Å². The van der Waals surface area contributed by atoms with Gasteiger partial charge in [0, 0.05) is 11.1 Å². The highest BCUT2D eigenvalue weighted by Gasteiger charge is 2.23. The van der Waals surface area contributed by atoms with Crippen molar-refractivity contribution in [3.63, 3.8) is 0 Å². The molecule has 0 aromatic heterocycles. The molecule has 0 radical (unpaired) electrons. The Balaban J connectivity index is 2.16. The van der Waals surface area contributed by atoms with Crippen LogP contribution in [0.2, 0.25) is 5.02 Å². The van der Waals surface area contributed by atoms with Crippen LogP contribution in [0.1, 0.15) is 18.1 Å². The number of benzene rings is 1. The topological polar surface area (TPSA) is 35.2 Å². The molecule has 1 aromatic carbocycles. The van der Waals surface area contributed by atoms with Gasteiger partial charge in [0.05, 0.1) is 12.7 Å². The molecule has 2 rings (SSSR count). The third-order valence-corrected chi connectivity index (χ3v) is 2.48. The molecule has 2 nitrogen and oxygen atoms in total. The minimum atomic E-state index is 0.133. The Bertz CT molecular complexity index is 303. The van der Waals surface area contributed by atoms with E-state index in [1.165, 1.54) is 0 Å². The van der Waals surface area contributed by atoms with E-state index in [4.69, 9.17) is 22.1 Å². The third-order valence-electron chi connectivity index (χ3n) is 2.25. The molecule has 13 heavy (non-hydrogen) atoms. The van der Waals surface area contributed by atoms with Crippen LogP contribution in [-0.4, -0.2) is 12.6 Å². The maximum Gasteiger partial charge on any atom is 0.0841 e. The van der Waals surface area contributed by atoms with Gasteiger partial charge >= 0.3 is 0 Å². The highest BCUT2D eigenvalue weighted by Crippen LogP contribution is 2.29. The molecular weight excluding hydrogens is 186 g/mol. The number of rotatable bonds is 1. The number of ether oxygens (including phenoxy) is 1. The molecule has 3 heteroatoms. The van der Waals surface area contributed by atoms with Gasteiger partial charge in [-0.2, -0.15) is 0 Å². The average molecular weight is 198 g/mol. The third kappa shape index (κ3) is 2.02. The van der Waals surface area contributed by atoms with Crippen molar-refractivity contribution in [2.45, 2.75) is 18.6 Å². The summed E-state index contributed by atoms with van der Waals surface area (Å²) in [4.78, 5) is 0. The van der Waals surface area contributed by atoms with Crippen LogP contribution >= 0.6 is 11.6 Å². The van der Waals surface area contributed by atoms with Crippen LogP contribution in [0, 0.1) is 0 Å². The maximum atomic E-state index is 5.87. The molecule has 70 valence electrons. The fraction of sp³-hybridized carbons (Fsp3) is 0.400. The molecule has 2 N–H and O–H groups in total. The number of nitrogens with two attached hydrogens (primary N) is 1. The highest BCUT2D eigenvalue weighted by atomic mass is 35.5. The second-order valence-electron chi connectivity index (χ2n) is 3.37. The smallest absolute Gasteiger partial charge is 0.0841 e. The first kappa shape index (κ1) is 9.00. The Kier molecular flexibility index (Phi) is 2.54.